The third-order valence-electron chi connectivity index (χ3n) is 3.19. The van der Waals surface area contributed by atoms with Gasteiger partial charge in [0.05, 0.1) is 11.6 Å². The number of hydrogen-bond donors (Lipinski definition) is 1. The van der Waals surface area contributed by atoms with Crippen molar-refractivity contribution in [1.82, 2.24) is 20.5 Å². The van der Waals surface area contributed by atoms with Gasteiger partial charge in [-0.15, -0.1) is 21.5 Å². The van der Waals surface area contributed by atoms with E-state index in [1.54, 1.807) is 5.38 Å². The maximum atomic E-state index is 12.1. The normalized spacial score (nSPS) is 15.2. The molecule has 0 radical (unpaired) electrons. The molecule has 2 heterocycles. The van der Waals surface area contributed by atoms with Crippen LogP contribution in [0.25, 0.3) is 0 Å². The van der Waals surface area contributed by atoms with E-state index in [0.29, 0.717) is 23.4 Å². The van der Waals surface area contributed by atoms with Crippen molar-refractivity contribution < 1.29 is 9.21 Å². The molecule has 3 rings (SSSR count). The van der Waals surface area contributed by atoms with Gasteiger partial charge in [-0.1, -0.05) is 20.8 Å². The molecule has 1 fully saturated rings. The number of aromatic nitrogens is 3. The van der Waals surface area contributed by atoms with E-state index in [2.05, 4.69) is 41.3 Å². The number of carbonyl (C=O) groups is 1. The third-order valence-corrected chi connectivity index (χ3v) is 4.46. The predicted molar refractivity (Wildman–Crippen MR) is 78.3 cm³/mol. The molecule has 21 heavy (non-hydrogen) atoms. The van der Waals surface area contributed by atoms with E-state index in [1.807, 2.05) is 0 Å². The standard InChI is InChI=1S/C14H18N4O2S/c1-14(2,3)13-16-9(7-21-13)11(19)15-6-10-17-18-12(20-10)8-4-5-8/h7-8H,4-6H2,1-3H3,(H,15,19). The van der Waals surface area contributed by atoms with Gasteiger partial charge in [-0.3, -0.25) is 4.79 Å². The molecule has 1 amide bonds. The SMILES string of the molecule is CC(C)(C)c1nc(C(=O)NCc2nnc(C3CC3)o2)cs1. The predicted octanol–water partition coefficient (Wildman–Crippen LogP) is 2.63. The van der Waals surface area contributed by atoms with Crippen LogP contribution in [0.5, 0.6) is 0 Å². The third kappa shape index (κ3) is 3.29. The van der Waals surface area contributed by atoms with Gasteiger partial charge in [0.2, 0.25) is 11.8 Å². The van der Waals surface area contributed by atoms with Crippen LogP contribution in [0.3, 0.4) is 0 Å². The van der Waals surface area contributed by atoms with Gasteiger partial charge in [0, 0.05) is 16.7 Å². The Balaban J connectivity index is 1.59. The quantitative estimate of drug-likeness (QED) is 0.939. The largest absolute Gasteiger partial charge is 0.423 e. The summed E-state index contributed by atoms with van der Waals surface area (Å²) < 4.78 is 5.50. The first-order valence-electron chi connectivity index (χ1n) is 7.00. The van der Waals surface area contributed by atoms with Crippen molar-refractivity contribution in [3.63, 3.8) is 0 Å². The molecule has 0 spiro atoms. The van der Waals surface area contributed by atoms with Crippen molar-refractivity contribution in [2.75, 3.05) is 0 Å². The average molecular weight is 306 g/mol. The Morgan fingerprint density at radius 1 is 1.43 bits per heavy atom. The molecule has 1 aliphatic rings. The molecule has 6 nitrogen and oxygen atoms in total. The van der Waals surface area contributed by atoms with Gasteiger partial charge in [-0.25, -0.2) is 4.98 Å². The van der Waals surface area contributed by atoms with Gasteiger partial charge in [0.25, 0.3) is 5.91 Å². The second-order valence-corrected chi connectivity index (χ2v) is 7.14. The number of amides is 1. The summed E-state index contributed by atoms with van der Waals surface area (Å²) in [5.41, 5.74) is 0.390. The van der Waals surface area contributed by atoms with Gasteiger partial charge in [0.15, 0.2) is 0 Å². The highest BCUT2D eigenvalue weighted by Gasteiger charge is 2.29. The molecule has 0 bridgehead atoms. The van der Waals surface area contributed by atoms with E-state index in [4.69, 9.17) is 4.42 Å². The average Bonchev–Trinajstić information content (AvgIpc) is 2.97. The lowest BCUT2D eigenvalue weighted by molar-refractivity contribution is 0.0942. The zero-order chi connectivity index (χ0) is 15.0. The van der Waals surface area contributed by atoms with Crippen molar-refractivity contribution in [1.29, 1.82) is 0 Å². The molecule has 0 saturated heterocycles. The highest BCUT2D eigenvalue weighted by Crippen LogP contribution is 2.38. The zero-order valence-electron chi connectivity index (χ0n) is 12.3. The fourth-order valence-corrected chi connectivity index (χ4v) is 2.69. The fourth-order valence-electron chi connectivity index (χ4n) is 1.80. The lowest BCUT2D eigenvalue weighted by Crippen LogP contribution is -2.23. The first kappa shape index (κ1) is 14.2. The van der Waals surface area contributed by atoms with Crippen LogP contribution in [0.4, 0.5) is 0 Å². The fraction of sp³-hybridized carbons (Fsp3) is 0.571. The molecule has 2 aromatic rings. The maximum Gasteiger partial charge on any atom is 0.271 e. The summed E-state index contributed by atoms with van der Waals surface area (Å²) in [6.45, 7) is 6.46. The maximum absolute atomic E-state index is 12.1. The minimum absolute atomic E-state index is 0.0468. The first-order chi connectivity index (χ1) is 9.93. The summed E-state index contributed by atoms with van der Waals surface area (Å²) in [6.07, 6.45) is 2.23. The van der Waals surface area contributed by atoms with Crippen LogP contribution in [0, 0.1) is 0 Å². The molecular formula is C14H18N4O2S. The summed E-state index contributed by atoms with van der Waals surface area (Å²) in [6, 6.07) is 0. The second-order valence-electron chi connectivity index (χ2n) is 6.28. The molecule has 1 aliphatic carbocycles. The van der Waals surface area contributed by atoms with Crippen molar-refractivity contribution in [2.24, 2.45) is 0 Å². The van der Waals surface area contributed by atoms with Crippen LogP contribution in [-0.4, -0.2) is 21.1 Å². The lowest BCUT2D eigenvalue weighted by atomic mass is 9.98. The number of nitrogens with one attached hydrogen (secondary N) is 1. The van der Waals surface area contributed by atoms with E-state index < -0.39 is 0 Å². The number of thiazole rings is 1. The van der Waals surface area contributed by atoms with Gasteiger partial charge < -0.3 is 9.73 Å². The first-order valence-corrected chi connectivity index (χ1v) is 7.88. The van der Waals surface area contributed by atoms with E-state index in [9.17, 15) is 4.79 Å². The Bertz CT molecular complexity index is 652. The smallest absolute Gasteiger partial charge is 0.271 e. The topological polar surface area (TPSA) is 80.9 Å². The van der Waals surface area contributed by atoms with E-state index in [-0.39, 0.29) is 17.9 Å². The van der Waals surface area contributed by atoms with E-state index in [0.717, 1.165) is 17.8 Å². The molecule has 2 aromatic heterocycles. The second kappa shape index (κ2) is 5.22. The molecule has 0 aliphatic heterocycles. The van der Waals surface area contributed by atoms with E-state index >= 15 is 0 Å². The van der Waals surface area contributed by atoms with Crippen LogP contribution in [0.15, 0.2) is 9.80 Å². The number of rotatable bonds is 4. The van der Waals surface area contributed by atoms with Crippen LogP contribution in [0.1, 0.15) is 66.8 Å². The number of nitrogens with zero attached hydrogens (tertiary/aromatic N) is 3. The van der Waals surface area contributed by atoms with Crippen LogP contribution in [-0.2, 0) is 12.0 Å². The van der Waals surface area contributed by atoms with Crippen LogP contribution >= 0.6 is 11.3 Å². The van der Waals surface area contributed by atoms with E-state index in [1.165, 1.54) is 11.3 Å². The Morgan fingerprint density at radius 2 is 2.19 bits per heavy atom. The number of hydrogen-bond acceptors (Lipinski definition) is 6. The minimum Gasteiger partial charge on any atom is -0.423 e. The molecule has 112 valence electrons. The van der Waals surface area contributed by atoms with Crippen LogP contribution in [0.2, 0.25) is 0 Å². The van der Waals surface area contributed by atoms with Gasteiger partial charge in [-0.05, 0) is 12.8 Å². The van der Waals surface area contributed by atoms with Gasteiger partial charge in [-0.2, -0.15) is 0 Å². The molecule has 1 saturated carbocycles. The van der Waals surface area contributed by atoms with Crippen molar-refractivity contribution in [3.05, 3.63) is 27.9 Å². The summed E-state index contributed by atoms with van der Waals surface area (Å²) in [7, 11) is 0. The Kier molecular flexibility index (Phi) is 3.52. The monoisotopic (exact) mass is 306 g/mol. The Labute approximate surface area is 127 Å². The number of carbonyl (C=O) groups excluding carboxylic acids is 1. The Morgan fingerprint density at radius 3 is 2.81 bits per heavy atom. The van der Waals surface area contributed by atoms with Crippen molar-refractivity contribution >= 4 is 17.2 Å². The lowest BCUT2D eigenvalue weighted by Gasteiger charge is -2.13. The molecule has 7 heteroatoms. The molecule has 1 N–H and O–H groups in total. The van der Waals surface area contributed by atoms with Gasteiger partial charge in [0.1, 0.15) is 5.69 Å². The summed E-state index contributed by atoms with van der Waals surface area (Å²) in [5, 5.41) is 13.4. The minimum atomic E-state index is -0.215. The highest BCUT2D eigenvalue weighted by molar-refractivity contribution is 7.10. The summed E-state index contributed by atoms with van der Waals surface area (Å²) in [5.74, 6) is 1.34. The molecule has 0 unspecified atom stereocenters. The summed E-state index contributed by atoms with van der Waals surface area (Å²) in [4.78, 5) is 16.4. The molecule has 0 atom stereocenters. The van der Waals surface area contributed by atoms with Gasteiger partial charge >= 0.3 is 0 Å². The van der Waals surface area contributed by atoms with Crippen molar-refractivity contribution in [2.45, 2.75) is 51.5 Å². The Hall–Kier alpha value is -1.76. The van der Waals surface area contributed by atoms with Crippen LogP contribution < -0.4 is 5.32 Å². The molecular weight excluding hydrogens is 288 g/mol. The zero-order valence-corrected chi connectivity index (χ0v) is 13.2. The molecule has 0 aromatic carbocycles. The summed E-state index contributed by atoms with van der Waals surface area (Å²) >= 11 is 1.50. The van der Waals surface area contributed by atoms with Crippen molar-refractivity contribution in [3.8, 4) is 0 Å². The highest BCUT2D eigenvalue weighted by atomic mass is 32.1.